The van der Waals surface area contributed by atoms with E-state index < -0.39 is 15.2 Å². The van der Waals surface area contributed by atoms with Gasteiger partial charge in [-0.05, 0) is 24.8 Å². The molecule has 3 aromatic heterocycles. The quantitative estimate of drug-likeness (QED) is 0.662. The van der Waals surface area contributed by atoms with Gasteiger partial charge in [0.2, 0.25) is 17.7 Å². The van der Waals surface area contributed by atoms with Gasteiger partial charge in [0.1, 0.15) is 0 Å². The minimum atomic E-state index is -4.11. The number of methoxy groups -OCH3 is 2. The van der Waals surface area contributed by atoms with Gasteiger partial charge < -0.3 is 9.47 Å². The van der Waals surface area contributed by atoms with Crippen LogP contribution < -0.4 is 14.2 Å². The molecule has 4 rings (SSSR count). The minimum Gasteiger partial charge on any atom is -0.481 e. The van der Waals surface area contributed by atoms with Crippen molar-refractivity contribution in [2.45, 2.75) is 24.4 Å². The molecule has 1 aliphatic carbocycles. The van der Waals surface area contributed by atoms with Crippen LogP contribution in [0.5, 0.6) is 11.8 Å². The van der Waals surface area contributed by atoms with E-state index in [0.717, 1.165) is 30.5 Å². The zero-order valence-electron chi connectivity index (χ0n) is 14.0. The molecular weight excluding hydrogens is 362 g/mol. The predicted octanol–water partition coefficient (Wildman–Crippen LogP) is 0.221. The van der Waals surface area contributed by atoms with Gasteiger partial charge in [-0.3, -0.25) is 0 Å². The number of hydrogen-bond donors (Lipinski definition) is 1. The van der Waals surface area contributed by atoms with E-state index >= 15 is 0 Å². The fraction of sp³-hybridized carbons (Fsp3) is 0.357. The zero-order valence-corrected chi connectivity index (χ0v) is 14.8. The molecule has 0 aliphatic heterocycles. The Hall–Kier alpha value is -3.02. The van der Waals surface area contributed by atoms with Crippen molar-refractivity contribution < 1.29 is 17.9 Å². The van der Waals surface area contributed by atoms with Crippen LogP contribution in [0.25, 0.3) is 5.78 Å². The summed E-state index contributed by atoms with van der Waals surface area (Å²) in [7, 11) is -1.31. The molecule has 0 spiro atoms. The average molecular weight is 377 g/mol. The van der Waals surface area contributed by atoms with E-state index in [9.17, 15) is 8.42 Å². The lowest BCUT2D eigenvalue weighted by atomic mass is 10.3. The summed E-state index contributed by atoms with van der Waals surface area (Å²) >= 11 is 0. The number of aryl methyl sites for hydroxylation is 2. The number of sulfonamides is 1. The second kappa shape index (κ2) is 6.05. The lowest BCUT2D eigenvalue weighted by Gasteiger charge is -2.07. The Morgan fingerprint density at radius 2 is 1.85 bits per heavy atom. The molecule has 136 valence electrons. The molecule has 0 bridgehead atoms. The molecule has 12 heteroatoms. The van der Waals surface area contributed by atoms with Crippen molar-refractivity contribution in [2.24, 2.45) is 0 Å². The highest BCUT2D eigenvalue weighted by Gasteiger charge is 2.25. The number of aromatic nitrogens is 6. The Kier molecular flexibility index (Phi) is 3.83. The Morgan fingerprint density at radius 1 is 1.12 bits per heavy atom. The number of nitrogens with one attached hydrogen (secondary N) is 1. The van der Waals surface area contributed by atoms with Crippen LogP contribution in [-0.4, -0.2) is 52.2 Å². The van der Waals surface area contributed by atoms with E-state index in [1.165, 1.54) is 24.8 Å². The van der Waals surface area contributed by atoms with Crippen LogP contribution in [0.4, 0.5) is 5.95 Å². The molecule has 0 unspecified atom stereocenters. The van der Waals surface area contributed by atoms with Crippen molar-refractivity contribution in [3.63, 3.8) is 0 Å². The van der Waals surface area contributed by atoms with Gasteiger partial charge >= 0.3 is 10.0 Å². The molecule has 0 radical (unpaired) electrons. The summed E-state index contributed by atoms with van der Waals surface area (Å²) in [5.41, 5.74) is 1.99. The highest BCUT2D eigenvalue weighted by molar-refractivity contribution is 7.92. The first-order chi connectivity index (χ1) is 12.5. The molecule has 1 aliphatic rings. The van der Waals surface area contributed by atoms with Crippen LogP contribution in [0, 0.1) is 0 Å². The van der Waals surface area contributed by atoms with Crippen molar-refractivity contribution in [3.05, 3.63) is 23.5 Å². The van der Waals surface area contributed by atoms with E-state index in [4.69, 9.17) is 9.47 Å². The first-order valence-electron chi connectivity index (χ1n) is 7.73. The Labute approximate surface area is 148 Å². The van der Waals surface area contributed by atoms with E-state index in [-0.39, 0.29) is 23.5 Å². The third kappa shape index (κ3) is 2.77. The molecule has 0 amide bonds. The molecule has 0 atom stereocenters. The summed E-state index contributed by atoms with van der Waals surface area (Å²) in [4.78, 5) is 16.1. The van der Waals surface area contributed by atoms with Crippen LogP contribution in [0.15, 0.2) is 17.4 Å². The Morgan fingerprint density at radius 3 is 2.54 bits per heavy atom. The van der Waals surface area contributed by atoms with Crippen molar-refractivity contribution in [1.82, 2.24) is 29.5 Å². The van der Waals surface area contributed by atoms with Gasteiger partial charge in [0.05, 0.1) is 26.0 Å². The Balaban J connectivity index is 1.72. The average Bonchev–Trinajstić information content (AvgIpc) is 3.27. The van der Waals surface area contributed by atoms with Gasteiger partial charge in [-0.1, -0.05) is 0 Å². The highest BCUT2D eigenvalue weighted by Crippen LogP contribution is 2.22. The van der Waals surface area contributed by atoms with Crippen molar-refractivity contribution in [3.8, 4) is 11.8 Å². The molecule has 26 heavy (non-hydrogen) atoms. The number of hydrogen-bond acceptors (Lipinski definition) is 9. The van der Waals surface area contributed by atoms with E-state index in [2.05, 4.69) is 29.8 Å². The minimum absolute atomic E-state index is 0.150. The van der Waals surface area contributed by atoms with Crippen LogP contribution in [-0.2, 0) is 22.9 Å². The molecular formula is C14H15N7O4S. The third-order valence-electron chi connectivity index (χ3n) is 3.96. The first kappa shape index (κ1) is 16.4. The van der Waals surface area contributed by atoms with Gasteiger partial charge in [-0.15, -0.1) is 5.10 Å². The summed E-state index contributed by atoms with van der Waals surface area (Å²) in [5.74, 6) is 0.322. The van der Waals surface area contributed by atoms with Crippen LogP contribution in [0.3, 0.4) is 0 Å². The monoisotopic (exact) mass is 377 g/mol. The summed E-state index contributed by atoms with van der Waals surface area (Å²) in [6.45, 7) is 0. The van der Waals surface area contributed by atoms with E-state index in [1.807, 2.05) is 0 Å². The summed E-state index contributed by atoms with van der Waals surface area (Å²) < 4.78 is 39.0. The van der Waals surface area contributed by atoms with Gasteiger partial charge in [0, 0.05) is 6.20 Å². The van der Waals surface area contributed by atoms with Crippen molar-refractivity contribution in [1.29, 1.82) is 0 Å². The second-order valence-corrected chi connectivity index (χ2v) is 7.15. The molecule has 0 aromatic carbocycles. The molecule has 0 fully saturated rings. The van der Waals surface area contributed by atoms with Gasteiger partial charge in [0.25, 0.3) is 10.9 Å². The summed E-state index contributed by atoms with van der Waals surface area (Å²) in [5, 5.41) is 3.71. The van der Waals surface area contributed by atoms with Crippen molar-refractivity contribution in [2.75, 3.05) is 18.9 Å². The Bertz CT molecular complexity index is 1070. The fourth-order valence-corrected chi connectivity index (χ4v) is 3.57. The molecule has 3 aromatic rings. The largest absolute Gasteiger partial charge is 0.481 e. The number of anilines is 1. The van der Waals surface area contributed by atoms with Gasteiger partial charge in [0.15, 0.2) is 0 Å². The fourth-order valence-electron chi connectivity index (χ4n) is 2.76. The maximum absolute atomic E-state index is 12.6. The summed E-state index contributed by atoms with van der Waals surface area (Å²) in [6, 6.07) is 1.42. The molecule has 1 N–H and O–H groups in total. The zero-order chi connectivity index (χ0) is 18.3. The topological polar surface area (TPSA) is 133 Å². The third-order valence-corrected chi connectivity index (χ3v) is 5.06. The number of ether oxygens (including phenoxy) is 2. The first-order valence-corrected chi connectivity index (χ1v) is 9.22. The molecule has 11 nitrogen and oxygen atoms in total. The second-order valence-electron chi connectivity index (χ2n) is 5.57. The number of fused-ring (bicyclic) bond motifs is 3. The lowest BCUT2D eigenvalue weighted by molar-refractivity contribution is 0.373. The van der Waals surface area contributed by atoms with Gasteiger partial charge in [-0.2, -0.15) is 27.9 Å². The number of rotatable bonds is 5. The van der Waals surface area contributed by atoms with E-state index in [0.29, 0.717) is 0 Å². The van der Waals surface area contributed by atoms with Crippen LogP contribution in [0.2, 0.25) is 0 Å². The molecule has 0 saturated heterocycles. The standard InChI is InChI=1S/C14H15N7O4S/c1-24-10-6-11(25-2)17-12(16-10)20-26(22,23)14-18-13-15-7-8-4-3-5-9(8)21(13)19-14/h6-7H,3-5H2,1-2H3,(H,16,17,20). The SMILES string of the molecule is COc1cc(OC)nc(NS(=O)(=O)c2nc3ncc4c(n3n2)CCC4)n1. The predicted molar refractivity (Wildman–Crippen MR) is 88.8 cm³/mol. The normalized spacial score (nSPS) is 13.6. The maximum atomic E-state index is 12.6. The van der Waals surface area contributed by atoms with Crippen LogP contribution in [0.1, 0.15) is 17.7 Å². The summed E-state index contributed by atoms with van der Waals surface area (Å²) in [6.07, 6.45) is 4.40. The molecule has 0 saturated carbocycles. The smallest absolute Gasteiger partial charge is 0.301 e. The lowest BCUT2D eigenvalue weighted by Crippen LogP contribution is -2.17. The highest BCUT2D eigenvalue weighted by atomic mass is 32.2. The van der Waals surface area contributed by atoms with Gasteiger partial charge in [-0.25, -0.2) is 9.71 Å². The van der Waals surface area contributed by atoms with Crippen molar-refractivity contribution >= 4 is 21.7 Å². The maximum Gasteiger partial charge on any atom is 0.301 e. The number of nitrogens with zero attached hydrogens (tertiary/aromatic N) is 6. The van der Waals surface area contributed by atoms with E-state index in [1.54, 1.807) is 6.20 Å². The van der Waals surface area contributed by atoms with Crippen LogP contribution >= 0.6 is 0 Å². The molecule has 3 heterocycles.